The van der Waals surface area contributed by atoms with Crippen molar-refractivity contribution in [2.24, 2.45) is 0 Å². The van der Waals surface area contributed by atoms with Crippen molar-refractivity contribution in [3.8, 4) is 5.75 Å². The highest BCUT2D eigenvalue weighted by molar-refractivity contribution is 8.02. The Balaban J connectivity index is 1.45. The van der Waals surface area contributed by atoms with E-state index in [9.17, 15) is 9.59 Å². The molecule has 0 radical (unpaired) electrons. The molecule has 3 aromatic rings. The van der Waals surface area contributed by atoms with E-state index in [1.807, 2.05) is 73.7 Å². The Morgan fingerprint density at radius 1 is 1.00 bits per heavy atom. The second-order valence-electron chi connectivity index (χ2n) is 7.41. The normalized spacial score (nSPS) is 17.7. The number of rotatable bonds is 6. The molecule has 0 bridgehead atoms. The summed E-state index contributed by atoms with van der Waals surface area (Å²) >= 11 is 1.29. The fourth-order valence-corrected chi connectivity index (χ4v) is 4.69. The van der Waals surface area contributed by atoms with Crippen LogP contribution in [0.25, 0.3) is 0 Å². The van der Waals surface area contributed by atoms with E-state index in [-0.39, 0.29) is 11.8 Å². The van der Waals surface area contributed by atoms with Gasteiger partial charge in [-0.15, -0.1) is 0 Å². The van der Waals surface area contributed by atoms with Gasteiger partial charge in [-0.2, -0.15) is 0 Å². The van der Waals surface area contributed by atoms with Gasteiger partial charge in [-0.3, -0.25) is 9.59 Å². The molecule has 31 heavy (non-hydrogen) atoms. The number of thioether (sulfide) groups is 1. The lowest BCUT2D eigenvalue weighted by atomic mass is 10.1. The Kier molecular flexibility index (Phi) is 6.00. The van der Waals surface area contributed by atoms with Crippen LogP contribution in [0.1, 0.15) is 19.4 Å². The van der Waals surface area contributed by atoms with Crippen molar-refractivity contribution in [1.82, 2.24) is 0 Å². The summed E-state index contributed by atoms with van der Waals surface area (Å²) in [6.07, 6.45) is 0. The summed E-state index contributed by atoms with van der Waals surface area (Å²) in [5, 5.41) is 2.90. The van der Waals surface area contributed by atoms with Crippen molar-refractivity contribution >= 4 is 35.0 Å². The number of nitrogens with zero attached hydrogens (tertiary/aromatic N) is 1. The fraction of sp³-hybridized carbons (Fsp3) is 0.200. The number of anilines is 2. The highest BCUT2D eigenvalue weighted by Crippen LogP contribution is 2.45. The molecule has 0 saturated heterocycles. The number of hydrogen-bond acceptors (Lipinski definition) is 4. The van der Waals surface area contributed by atoms with E-state index < -0.39 is 4.75 Å². The maximum Gasteiger partial charge on any atom is 0.252 e. The second-order valence-corrected chi connectivity index (χ2v) is 8.87. The maximum absolute atomic E-state index is 13.2. The minimum absolute atomic E-state index is 0.209. The maximum atomic E-state index is 13.2. The molecule has 0 aliphatic carbocycles. The average molecular weight is 433 g/mol. The van der Waals surface area contributed by atoms with Crippen LogP contribution in [0.3, 0.4) is 0 Å². The van der Waals surface area contributed by atoms with Gasteiger partial charge in [0.15, 0.2) is 4.75 Å². The first kappa shape index (κ1) is 21.0. The molecular weight excluding hydrogens is 408 g/mol. The standard InChI is InChI=1S/C25H24N2O3S/c1-3-27-21-11-7-8-12-22(21)31-25(2,24(27)29)23(28)26-19-13-15-20(16-14-19)30-17-18-9-5-4-6-10-18/h4-16H,3,17H2,1-2H3,(H,26,28). The number of para-hydroxylation sites is 1. The van der Waals surface area contributed by atoms with Gasteiger partial charge in [0.05, 0.1) is 5.69 Å². The van der Waals surface area contributed by atoms with Gasteiger partial charge in [0.1, 0.15) is 12.4 Å². The molecule has 5 nitrogen and oxygen atoms in total. The highest BCUT2D eigenvalue weighted by Gasteiger charge is 2.48. The van der Waals surface area contributed by atoms with Crippen molar-refractivity contribution in [3.05, 3.63) is 84.4 Å². The summed E-state index contributed by atoms with van der Waals surface area (Å²) in [5.74, 6) is 0.162. The number of carbonyl (C=O) groups excluding carboxylic acids is 2. The molecule has 0 saturated carbocycles. The predicted molar refractivity (Wildman–Crippen MR) is 125 cm³/mol. The summed E-state index contributed by atoms with van der Waals surface area (Å²) in [5.41, 5.74) is 2.56. The van der Waals surface area contributed by atoms with Crippen LogP contribution in [-0.4, -0.2) is 23.1 Å². The van der Waals surface area contributed by atoms with Gasteiger partial charge in [-0.1, -0.05) is 54.2 Å². The summed E-state index contributed by atoms with van der Waals surface area (Å²) in [6, 6.07) is 24.8. The van der Waals surface area contributed by atoms with Gasteiger partial charge >= 0.3 is 0 Å². The molecule has 0 spiro atoms. The van der Waals surface area contributed by atoms with Crippen LogP contribution in [-0.2, 0) is 16.2 Å². The molecule has 2 amide bonds. The number of hydrogen-bond donors (Lipinski definition) is 1. The van der Waals surface area contributed by atoms with E-state index in [1.165, 1.54) is 11.8 Å². The molecule has 1 atom stereocenters. The number of amides is 2. The van der Waals surface area contributed by atoms with Crippen LogP contribution >= 0.6 is 11.8 Å². The molecular formula is C25H24N2O3S. The number of nitrogens with one attached hydrogen (secondary N) is 1. The predicted octanol–water partition coefficient (Wildman–Crippen LogP) is 5.12. The second kappa shape index (κ2) is 8.86. The summed E-state index contributed by atoms with van der Waals surface area (Å²) < 4.78 is 4.55. The van der Waals surface area contributed by atoms with E-state index in [0.29, 0.717) is 24.6 Å². The van der Waals surface area contributed by atoms with Crippen molar-refractivity contribution in [3.63, 3.8) is 0 Å². The lowest BCUT2D eigenvalue weighted by molar-refractivity contribution is -0.128. The smallest absolute Gasteiger partial charge is 0.252 e. The molecule has 3 aromatic carbocycles. The van der Waals surface area contributed by atoms with Crippen LogP contribution in [0.4, 0.5) is 11.4 Å². The van der Waals surface area contributed by atoms with Crippen LogP contribution in [0.2, 0.25) is 0 Å². The molecule has 1 aliphatic heterocycles. The monoisotopic (exact) mass is 432 g/mol. The molecule has 158 valence electrons. The largest absolute Gasteiger partial charge is 0.489 e. The van der Waals surface area contributed by atoms with Crippen LogP contribution in [0.5, 0.6) is 5.75 Å². The molecule has 0 fully saturated rings. The lowest BCUT2D eigenvalue weighted by Gasteiger charge is -2.38. The van der Waals surface area contributed by atoms with Crippen molar-refractivity contribution in [2.45, 2.75) is 30.1 Å². The number of fused-ring (bicyclic) bond motifs is 1. The van der Waals surface area contributed by atoms with Crippen molar-refractivity contribution < 1.29 is 14.3 Å². The van der Waals surface area contributed by atoms with Crippen LogP contribution in [0, 0.1) is 0 Å². The Morgan fingerprint density at radius 2 is 1.68 bits per heavy atom. The van der Waals surface area contributed by atoms with E-state index in [4.69, 9.17) is 4.74 Å². The molecule has 1 N–H and O–H groups in total. The average Bonchev–Trinajstić information content (AvgIpc) is 2.80. The molecule has 1 unspecified atom stereocenters. The Labute approximate surface area is 186 Å². The Bertz CT molecular complexity index is 1090. The molecule has 6 heteroatoms. The van der Waals surface area contributed by atoms with E-state index in [1.54, 1.807) is 24.0 Å². The number of benzene rings is 3. The molecule has 1 aliphatic rings. The van der Waals surface area contributed by atoms with Gasteiger partial charge in [-0.25, -0.2) is 0 Å². The van der Waals surface area contributed by atoms with Gasteiger partial charge < -0.3 is 15.0 Å². The van der Waals surface area contributed by atoms with Gasteiger partial charge in [0.25, 0.3) is 5.91 Å². The topological polar surface area (TPSA) is 58.6 Å². The summed E-state index contributed by atoms with van der Waals surface area (Å²) in [4.78, 5) is 28.9. The van der Waals surface area contributed by atoms with Crippen LogP contribution < -0.4 is 15.0 Å². The zero-order chi connectivity index (χ0) is 21.8. The third kappa shape index (κ3) is 4.30. The van der Waals surface area contributed by atoms with Gasteiger partial charge in [0, 0.05) is 17.1 Å². The Hall–Kier alpha value is -3.25. The quantitative estimate of drug-likeness (QED) is 0.549. The first-order valence-corrected chi connectivity index (χ1v) is 11.0. The third-order valence-corrected chi connectivity index (χ3v) is 6.57. The van der Waals surface area contributed by atoms with Gasteiger partial charge in [0.2, 0.25) is 5.91 Å². The highest BCUT2D eigenvalue weighted by atomic mass is 32.2. The molecule has 0 aromatic heterocycles. The summed E-state index contributed by atoms with van der Waals surface area (Å²) in [6.45, 7) is 4.58. The van der Waals surface area contributed by atoms with Crippen molar-refractivity contribution in [1.29, 1.82) is 0 Å². The minimum Gasteiger partial charge on any atom is -0.489 e. The first-order chi connectivity index (χ1) is 15.0. The zero-order valence-corrected chi connectivity index (χ0v) is 18.3. The third-order valence-electron chi connectivity index (χ3n) is 5.23. The summed E-state index contributed by atoms with van der Waals surface area (Å²) in [7, 11) is 0. The van der Waals surface area contributed by atoms with E-state index in [2.05, 4.69) is 5.32 Å². The molecule has 4 rings (SSSR count). The molecule has 1 heterocycles. The van der Waals surface area contributed by atoms with Gasteiger partial charge in [-0.05, 0) is 55.8 Å². The first-order valence-electron chi connectivity index (χ1n) is 10.2. The lowest BCUT2D eigenvalue weighted by Crippen LogP contribution is -2.54. The van der Waals surface area contributed by atoms with E-state index in [0.717, 1.165) is 16.1 Å². The Morgan fingerprint density at radius 3 is 2.39 bits per heavy atom. The number of ether oxygens (including phenoxy) is 1. The number of carbonyl (C=O) groups is 2. The fourth-order valence-electron chi connectivity index (χ4n) is 3.48. The van der Waals surface area contributed by atoms with Crippen molar-refractivity contribution in [2.75, 3.05) is 16.8 Å². The van der Waals surface area contributed by atoms with E-state index >= 15 is 0 Å². The minimum atomic E-state index is -1.24. The zero-order valence-electron chi connectivity index (χ0n) is 17.5. The van der Waals surface area contributed by atoms with Crippen LogP contribution in [0.15, 0.2) is 83.8 Å². The SMILES string of the molecule is CCN1C(=O)C(C)(C(=O)Nc2ccc(OCc3ccccc3)cc2)Sc2ccccc21.